The van der Waals surface area contributed by atoms with E-state index in [1.807, 2.05) is 37.1 Å². The lowest BCUT2D eigenvalue weighted by Gasteiger charge is -2.03. The van der Waals surface area contributed by atoms with Gasteiger partial charge in [0.25, 0.3) is 0 Å². The molecule has 0 aliphatic carbocycles. The molecule has 0 unspecified atom stereocenters. The molecule has 0 radical (unpaired) electrons. The second kappa shape index (κ2) is 7.06. The van der Waals surface area contributed by atoms with Gasteiger partial charge in [0.2, 0.25) is 5.91 Å². The molecule has 2 heterocycles. The molecular formula is C16H23N5O. The fourth-order valence-electron chi connectivity index (χ4n) is 2.33. The van der Waals surface area contributed by atoms with E-state index < -0.39 is 0 Å². The largest absolute Gasteiger partial charge is 0.348 e. The highest BCUT2D eigenvalue weighted by atomic mass is 16.1. The van der Waals surface area contributed by atoms with Crippen LogP contribution >= 0.6 is 0 Å². The van der Waals surface area contributed by atoms with Gasteiger partial charge in [0.05, 0.1) is 12.4 Å². The van der Waals surface area contributed by atoms with Crippen molar-refractivity contribution in [3.8, 4) is 0 Å². The predicted molar refractivity (Wildman–Crippen MR) is 86.2 cm³/mol. The Morgan fingerprint density at radius 1 is 1.14 bits per heavy atom. The van der Waals surface area contributed by atoms with Crippen molar-refractivity contribution in [1.82, 2.24) is 24.9 Å². The average Bonchev–Trinajstić information content (AvgIpc) is 3.05. The minimum Gasteiger partial charge on any atom is -0.348 e. The first kappa shape index (κ1) is 16.0. The summed E-state index contributed by atoms with van der Waals surface area (Å²) in [4.78, 5) is 11.9. The van der Waals surface area contributed by atoms with E-state index in [2.05, 4.69) is 15.5 Å². The maximum Gasteiger partial charge on any atom is 0.244 e. The van der Waals surface area contributed by atoms with Crippen LogP contribution in [0, 0.1) is 13.8 Å². The summed E-state index contributed by atoms with van der Waals surface area (Å²) in [5.74, 6) is -0.118. The van der Waals surface area contributed by atoms with Gasteiger partial charge in [0.1, 0.15) is 0 Å². The van der Waals surface area contributed by atoms with Crippen LogP contribution in [0.25, 0.3) is 6.08 Å². The topological polar surface area (TPSA) is 64.7 Å². The fourth-order valence-corrected chi connectivity index (χ4v) is 2.33. The number of nitrogens with zero attached hydrogens (tertiary/aromatic N) is 4. The van der Waals surface area contributed by atoms with Crippen LogP contribution in [0.3, 0.4) is 0 Å². The van der Waals surface area contributed by atoms with Crippen LogP contribution in [0.1, 0.15) is 36.4 Å². The van der Waals surface area contributed by atoms with E-state index in [9.17, 15) is 4.79 Å². The van der Waals surface area contributed by atoms with Gasteiger partial charge < -0.3 is 5.32 Å². The highest BCUT2D eigenvalue weighted by Gasteiger charge is 2.06. The van der Waals surface area contributed by atoms with Crippen molar-refractivity contribution in [2.24, 2.45) is 0 Å². The van der Waals surface area contributed by atoms with Crippen molar-refractivity contribution >= 4 is 12.0 Å². The summed E-state index contributed by atoms with van der Waals surface area (Å²) in [6.45, 7) is 10.2. The molecule has 0 saturated heterocycles. The molecule has 2 aromatic heterocycles. The van der Waals surface area contributed by atoms with Gasteiger partial charge in [-0.05, 0) is 33.8 Å². The molecule has 0 spiro atoms. The van der Waals surface area contributed by atoms with Crippen molar-refractivity contribution < 1.29 is 4.79 Å². The van der Waals surface area contributed by atoms with E-state index in [1.165, 1.54) is 0 Å². The molecule has 1 N–H and O–H groups in total. The molecule has 0 atom stereocenters. The van der Waals surface area contributed by atoms with E-state index in [0.29, 0.717) is 6.54 Å². The lowest BCUT2D eigenvalue weighted by molar-refractivity contribution is -0.116. The molecule has 2 aromatic rings. The average molecular weight is 301 g/mol. The van der Waals surface area contributed by atoms with Crippen LogP contribution in [0.15, 0.2) is 18.5 Å². The third-order valence-electron chi connectivity index (χ3n) is 3.81. The number of hydrogen-bond acceptors (Lipinski definition) is 3. The quantitative estimate of drug-likeness (QED) is 0.831. The van der Waals surface area contributed by atoms with Gasteiger partial charge in [-0.15, -0.1) is 0 Å². The molecular weight excluding hydrogens is 278 g/mol. The molecule has 0 fully saturated rings. The summed E-state index contributed by atoms with van der Waals surface area (Å²) >= 11 is 0. The highest BCUT2D eigenvalue weighted by Crippen LogP contribution is 2.09. The molecule has 0 bridgehead atoms. The lowest BCUT2D eigenvalue weighted by atomic mass is 10.2. The molecule has 6 heteroatoms. The van der Waals surface area contributed by atoms with Crippen LogP contribution in [0.2, 0.25) is 0 Å². The van der Waals surface area contributed by atoms with Crippen molar-refractivity contribution in [2.45, 2.75) is 47.3 Å². The molecule has 0 aliphatic heterocycles. The summed E-state index contributed by atoms with van der Waals surface area (Å²) in [6.07, 6.45) is 6.92. The molecule has 0 aromatic carbocycles. The van der Waals surface area contributed by atoms with E-state index in [-0.39, 0.29) is 5.91 Å². The Labute approximate surface area is 130 Å². The van der Waals surface area contributed by atoms with Gasteiger partial charge in [-0.25, -0.2) is 0 Å². The van der Waals surface area contributed by atoms with E-state index in [0.717, 1.165) is 35.6 Å². The van der Waals surface area contributed by atoms with E-state index in [4.69, 9.17) is 0 Å². The maximum absolute atomic E-state index is 11.9. The monoisotopic (exact) mass is 301 g/mol. The fraction of sp³-hybridized carbons (Fsp3) is 0.438. The summed E-state index contributed by atoms with van der Waals surface area (Å²) in [5, 5.41) is 11.4. The van der Waals surface area contributed by atoms with Gasteiger partial charge in [-0.3, -0.25) is 14.2 Å². The summed E-state index contributed by atoms with van der Waals surface area (Å²) < 4.78 is 3.82. The van der Waals surface area contributed by atoms with Crippen LogP contribution < -0.4 is 5.32 Å². The van der Waals surface area contributed by atoms with E-state index in [1.54, 1.807) is 24.5 Å². The lowest BCUT2D eigenvalue weighted by Crippen LogP contribution is -2.20. The number of amides is 1. The van der Waals surface area contributed by atoms with Gasteiger partial charge in [-0.1, -0.05) is 0 Å². The zero-order valence-corrected chi connectivity index (χ0v) is 13.6. The molecule has 118 valence electrons. The molecule has 22 heavy (non-hydrogen) atoms. The molecule has 2 rings (SSSR count). The summed E-state index contributed by atoms with van der Waals surface area (Å²) in [5.41, 5.74) is 4.16. The first-order valence-corrected chi connectivity index (χ1v) is 7.56. The van der Waals surface area contributed by atoms with Gasteiger partial charge in [0, 0.05) is 48.2 Å². The molecule has 1 amide bonds. The number of nitrogens with one attached hydrogen (secondary N) is 1. The Kier molecular flexibility index (Phi) is 5.14. The number of carbonyl (C=O) groups excluding carboxylic acids is 1. The Morgan fingerprint density at radius 2 is 1.77 bits per heavy atom. The zero-order valence-electron chi connectivity index (χ0n) is 13.6. The van der Waals surface area contributed by atoms with Crippen LogP contribution in [0.4, 0.5) is 0 Å². The van der Waals surface area contributed by atoms with Crippen molar-refractivity contribution in [3.05, 3.63) is 41.0 Å². The Balaban J connectivity index is 1.93. The van der Waals surface area contributed by atoms with Gasteiger partial charge >= 0.3 is 0 Å². The Hall–Kier alpha value is -2.37. The SMILES string of the molecule is CCn1ncc(/C=C/C(=O)NCc2cnn(CC)c2C)c1C. The number of carbonyl (C=O) groups is 1. The normalized spacial score (nSPS) is 11.3. The first-order chi connectivity index (χ1) is 10.6. The van der Waals surface area contributed by atoms with Crippen molar-refractivity contribution in [1.29, 1.82) is 0 Å². The smallest absolute Gasteiger partial charge is 0.244 e. The van der Waals surface area contributed by atoms with Crippen LogP contribution in [-0.4, -0.2) is 25.5 Å². The van der Waals surface area contributed by atoms with Crippen molar-refractivity contribution in [2.75, 3.05) is 0 Å². The number of hydrogen-bond donors (Lipinski definition) is 1. The number of aromatic nitrogens is 4. The zero-order chi connectivity index (χ0) is 16.1. The van der Waals surface area contributed by atoms with Gasteiger partial charge in [-0.2, -0.15) is 10.2 Å². The maximum atomic E-state index is 11.9. The van der Waals surface area contributed by atoms with Crippen LogP contribution in [-0.2, 0) is 24.4 Å². The third-order valence-corrected chi connectivity index (χ3v) is 3.81. The predicted octanol–water partition coefficient (Wildman–Crippen LogP) is 2.07. The second-order valence-electron chi connectivity index (χ2n) is 5.12. The van der Waals surface area contributed by atoms with Crippen LogP contribution in [0.5, 0.6) is 0 Å². The van der Waals surface area contributed by atoms with Crippen molar-refractivity contribution in [3.63, 3.8) is 0 Å². The second-order valence-corrected chi connectivity index (χ2v) is 5.12. The summed E-state index contributed by atoms with van der Waals surface area (Å²) in [6, 6.07) is 0. The van der Waals surface area contributed by atoms with E-state index >= 15 is 0 Å². The highest BCUT2D eigenvalue weighted by molar-refractivity contribution is 5.91. The number of aryl methyl sites for hydroxylation is 2. The Bertz CT molecular complexity index is 681. The number of rotatable bonds is 6. The van der Waals surface area contributed by atoms with Gasteiger partial charge in [0.15, 0.2) is 0 Å². The Morgan fingerprint density at radius 3 is 2.36 bits per heavy atom. The first-order valence-electron chi connectivity index (χ1n) is 7.56. The minimum absolute atomic E-state index is 0.118. The molecule has 0 saturated carbocycles. The summed E-state index contributed by atoms with van der Waals surface area (Å²) in [7, 11) is 0. The standard InChI is InChI=1S/C16H23N5O/c1-5-20-12(3)14(10-18-20)7-8-16(22)17-9-15-11-19-21(6-2)13(15)4/h7-8,10-11H,5-6,9H2,1-4H3,(H,17,22)/b8-7+. The molecule has 6 nitrogen and oxygen atoms in total. The minimum atomic E-state index is -0.118. The molecule has 0 aliphatic rings. The third kappa shape index (κ3) is 3.44.